The molecule has 2 aromatic rings. The predicted octanol–water partition coefficient (Wildman–Crippen LogP) is 1.41. The lowest BCUT2D eigenvalue weighted by Gasteiger charge is -2.13. The van der Waals surface area contributed by atoms with Gasteiger partial charge in [0, 0.05) is 22.3 Å². The number of nitrogens with two attached hydrogens (primary N) is 1. The molecular weight excluding hydrogens is 304 g/mol. The fraction of sp³-hybridized carbons (Fsp3) is 0.167. The van der Waals surface area contributed by atoms with Gasteiger partial charge in [0.2, 0.25) is 0 Å². The van der Waals surface area contributed by atoms with Crippen molar-refractivity contribution in [2.24, 2.45) is 5.73 Å². The highest BCUT2D eigenvalue weighted by Gasteiger charge is 2.19. The van der Waals surface area contributed by atoms with Gasteiger partial charge < -0.3 is 10.5 Å². The molecule has 8 heteroatoms. The molecule has 2 rings (SSSR count). The first kappa shape index (κ1) is 14.5. The third-order valence-electron chi connectivity index (χ3n) is 2.66. The Morgan fingerprint density at radius 2 is 2.10 bits per heavy atom. The molecule has 1 atom stereocenters. The molecule has 0 aliphatic rings. The Morgan fingerprint density at radius 3 is 2.70 bits per heavy atom. The van der Waals surface area contributed by atoms with Crippen LogP contribution in [0, 0.1) is 0 Å². The van der Waals surface area contributed by atoms with Gasteiger partial charge >= 0.3 is 0 Å². The Kier molecular flexibility index (Phi) is 3.82. The summed E-state index contributed by atoms with van der Waals surface area (Å²) in [5, 5.41) is 0.316. The third-order valence-corrected chi connectivity index (χ3v) is 4.04. The van der Waals surface area contributed by atoms with Crippen molar-refractivity contribution in [3.8, 4) is 5.75 Å². The second-order valence-electron chi connectivity index (χ2n) is 4.06. The number of aromatic nitrogens is 1. The SMILES string of the molecule is CC(Oc1ccc(S(=O)(=O)Cl)c2cccnc12)C(N)=O. The first-order valence-electron chi connectivity index (χ1n) is 5.59. The van der Waals surface area contributed by atoms with E-state index < -0.39 is 21.1 Å². The molecule has 1 aromatic carbocycles. The van der Waals surface area contributed by atoms with E-state index in [4.69, 9.17) is 21.2 Å². The number of carbonyl (C=O) groups excluding carboxylic acids is 1. The van der Waals surface area contributed by atoms with Crippen molar-refractivity contribution in [3.05, 3.63) is 30.5 Å². The lowest BCUT2D eigenvalue weighted by molar-refractivity contribution is -0.123. The lowest BCUT2D eigenvalue weighted by Crippen LogP contribution is -2.30. The van der Waals surface area contributed by atoms with Gasteiger partial charge in [-0.3, -0.25) is 9.78 Å². The van der Waals surface area contributed by atoms with Crippen LogP contribution in [0.25, 0.3) is 10.9 Å². The molecule has 2 N–H and O–H groups in total. The number of nitrogens with zero attached hydrogens (tertiary/aromatic N) is 1. The highest BCUT2D eigenvalue weighted by Crippen LogP contribution is 2.31. The van der Waals surface area contributed by atoms with E-state index in [-0.39, 0.29) is 10.6 Å². The van der Waals surface area contributed by atoms with Crippen molar-refractivity contribution < 1.29 is 17.9 Å². The van der Waals surface area contributed by atoms with Crippen molar-refractivity contribution in [1.82, 2.24) is 4.98 Å². The van der Waals surface area contributed by atoms with E-state index in [1.165, 1.54) is 25.3 Å². The minimum absolute atomic E-state index is 0.0682. The molecule has 0 bridgehead atoms. The Morgan fingerprint density at radius 1 is 1.40 bits per heavy atom. The summed E-state index contributed by atoms with van der Waals surface area (Å²) in [6, 6.07) is 5.83. The van der Waals surface area contributed by atoms with Crippen molar-refractivity contribution in [3.63, 3.8) is 0 Å². The van der Waals surface area contributed by atoms with Crippen LogP contribution in [0.5, 0.6) is 5.75 Å². The molecule has 0 saturated heterocycles. The van der Waals surface area contributed by atoms with Gasteiger partial charge in [0.15, 0.2) is 6.10 Å². The normalized spacial score (nSPS) is 13.1. The van der Waals surface area contributed by atoms with Crippen molar-refractivity contribution in [2.45, 2.75) is 17.9 Å². The Labute approximate surface area is 119 Å². The highest BCUT2D eigenvalue weighted by molar-refractivity contribution is 8.14. The van der Waals surface area contributed by atoms with E-state index in [9.17, 15) is 13.2 Å². The Bertz CT molecular complexity index is 776. The summed E-state index contributed by atoms with van der Waals surface area (Å²) in [5.41, 5.74) is 5.42. The third kappa shape index (κ3) is 2.83. The molecule has 0 spiro atoms. The van der Waals surface area contributed by atoms with Gasteiger partial charge in [-0.15, -0.1) is 0 Å². The van der Waals surface area contributed by atoms with Gasteiger partial charge in [-0.1, -0.05) is 0 Å². The zero-order chi connectivity index (χ0) is 14.9. The van der Waals surface area contributed by atoms with E-state index >= 15 is 0 Å². The topological polar surface area (TPSA) is 99.3 Å². The van der Waals surface area contributed by atoms with Crippen LogP contribution < -0.4 is 10.5 Å². The second-order valence-corrected chi connectivity index (χ2v) is 6.60. The van der Waals surface area contributed by atoms with E-state index in [1.54, 1.807) is 12.1 Å². The summed E-state index contributed by atoms with van der Waals surface area (Å²) in [5.74, 6) is -0.376. The maximum Gasteiger partial charge on any atom is 0.261 e. The fourth-order valence-electron chi connectivity index (χ4n) is 1.68. The molecule has 20 heavy (non-hydrogen) atoms. The number of hydrogen-bond donors (Lipinski definition) is 1. The van der Waals surface area contributed by atoms with Crippen molar-refractivity contribution in [1.29, 1.82) is 0 Å². The number of carbonyl (C=O) groups is 1. The maximum atomic E-state index is 11.5. The molecule has 0 aliphatic heterocycles. The Hall–Kier alpha value is -1.86. The number of hydrogen-bond acceptors (Lipinski definition) is 5. The smallest absolute Gasteiger partial charge is 0.261 e. The molecule has 0 saturated carbocycles. The number of halogens is 1. The molecule has 0 aliphatic carbocycles. The van der Waals surface area contributed by atoms with E-state index in [1.807, 2.05) is 0 Å². The lowest BCUT2D eigenvalue weighted by atomic mass is 10.2. The van der Waals surface area contributed by atoms with Gasteiger partial charge in [0.25, 0.3) is 15.0 Å². The molecular formula is C12H11ClN2O4S. The summed E-state index contributed by atoms with van der Waals surface area (Å²) in [4.78, 5) is 15.0. The highest BCUT2D eigenvalue weighted by atomic mass is 35.7. The van der Waals surface area contributed by atoms with Gasteiger partial charge in [0.05, 0.1) is 4.90 Å². The van der Waals surface area contributed by atoms with Crippen LogP contribution in [0.15, 0.2) is 35.4 Å². The molecule has 1 unspecified atom stereocenters. The molecule has 6 nitrogen and oxygen atoms in total. The zero-order valence-corrected chi connectivity index (χ0v) is 12.0. The summed E-state index contributed by atoms with van der Waals surface area (Å²) < 4.78 is 28.4. The zero-order valence-electron chi connectivity index (χ0n) is 10.4. The van der Waals surface area contributed by atoms with Gasteiger partial charge in [0.1, 0.15) is 11.3 Å². The summed E-state index contributed by atoms with van der Waals surface area (Å²) in [7, 11) is 1.47. The second kappa shape index (κ2) is 5.26. The predicted molar refractivity (Wildman–Crippen MR) is 74.1 cm³/mol. The summed E-state index contributed by atoms with van der Waals surface area (Å²) >= 11 is 0. The van der Waals surface area contributed by atoms with Gasteiger partial charge in [-0.05, 0) is 31.2 Å². The quantitative estimate of drug-likeness (QED) is 0.860. The van der Waals surface area contributed by atoms with Crippen LogP contribution in [0.3, 0.4) is 0 Å². The van der Waals surface area contributed by atoms with Crippen LogP contribution in [-0.2, 0) is 13.8 Å². The molecule has 106 valence electrons. The first-order valence-corrected chi connectivity index (χ1v) is 7.90. The van der Waals surface area contributed by atoms with Crippen LogP contribution in [-0.4, -0.2) is 25.4 Å². The fourth-order valence-corrected chi connectivity index (χ4v) is 2.74. The number of amides is 1. The molecule has 0 fully saturated rings. The Balaban J connectivity index is 2.63. The molecule has 1 heterocycles. The summed E-state index contributed by atoms with van der Waals surface area (Å²) in [6.07, 6.45) is 0.619. The standard InChI is InChI=1S/C12H11ClN2O4S/c1-7(12(14)16)19-9-4-5-10(20(13,17)18)8-3-2-6-15-11(8)9/h2-7H,1H3,(H2,14,16). The average molecular weight is 315 g/mol. The van der Waals surface area contributed by atoms with Crippen molar-refractivity contribution >= 4 is 36.5 Å². The number of fused-ring (bicyclic) bond motifs is 1. The van der Waals surface area contributed by atoms with Gasteiger partial charge in [-0.2, -0.15) is 0 Å². The number of rotatable bonds is 4. The van der Waals surface area contributed by atoms with Crippen LogP contribution in [0.2, 0.25) is 0 Å². The monoisotopic (exact) mass is 314 g/mol. The molecule has 0 radical (unpaired) electrons. The van der Waals surface area contributed by atoms with E-state index in [2.05, 4.69) is 4.98 Å². The summed E-state index contributed by atoms with van der Waals surface area (Å²) in [6.45, 7) is 1.49. The first-order chi connectivity index (χ1) is 9.30. The van der Waals surface area contributed by atoms with Crippen molar-refractivity contribution in [2.75, 3.05) is 0 Å². The van der Waals surface area contributed by atoms with Crippen LogP contribution >= 0.6 is 10.7 Å². The van der Waals surface area contributed by atoms with Crippen LogP contribution in [0.1, 0.15) is 6.92 Å². The molecule has 1 amide bonds. The minimum Gasteiger partial charge on any atom is -0.479 e. The maximum absolute atomic E-state index is 11.5. The van der Waals surface area contributed by atoms with Crippen LogP contribution in [0.4, 0.5) is 0 Å². The number of ether oxygens (including phenoxy) is 1. The van der Waals surface area contributed by atoms with Gasteiger partial charge in [-0.25, -0.2) is 8.42 Å². The number of pyridine rings is 1. The number of primary amides is 1. The minimum atomic E-state index is -3.91. The molecule has 1 aromatic heterocycles. The van der Waals surface area contributed by atoms with E-state index in [0.717, 1.165) is 0 Å². The average Bonchev–Trinajstić information content (AvgIpc) is 2.37. The largest absolute Gasteiger partial charge is 0.479 e. The number of benzene rings is 1. The van der Waals surface area contributed by atoms with E-state index in [0.29, 0.717) is 10.9 Å².